The van der Waals surface area contributed by atoms with Gasteiger partial charge in [-0.25, -0.2) is 4.79 Å². The molecule has 26 heavy (non-hydrogen) atoms. The van der Waals surface area contributed by atoms with Crippen molar-refractivity contribution in [3.05, 3.63) is 35.9 Å². The Morgan fingerprint density at radius 3 is 2.77 bits per heavy atom. The molecule has 142 valence electrons. The molecule has 1 unspecified atom stereocenters. The van der Waals surface area contributed by atoms with E-state index in [0.717, 1.165) is 18.4 Å². The summed E-state index contributed by atoms with van der Waals surface area (Å²) in [4.78, 5) is 27.2. The molecule has 1 N–H and O–H groups in total. The molecule has 0 radical (unpaired) electrons. The zero-order chi connectivity index (χ0) is 18.5. The molecule has 2 aliphatic heterocycles. The van der Waals surface area contributed by atoms with E-state index in [1.807, 2.05) is 49.1 Å². The smallest absolute Gasteiger partial charge is 0.408 e. The summed E-state index contributed by atoms with van der Waals surface area (Å²) in [6, 6.07) is 9.10. The van der Waals surface area contributed by atoms with Crippen molar-refractivity contribution in [2.24, 2.45) is 5.92 Å². The third-order valence-corrected chi connectivity index (χ3v) is 5.02. The third kappa shape index (κ3) is 4.55. The van der Waals surface area contributed by atoms with Crippen LogP contribution >= 0.6 is 0 Å². The van der Waals surface area contributed by atoms with Crippen LogP contribution in [0.25, 0.3) is 0 Å². The fourth-order valence-electron chi connectivity index (χ4n) is 3.78. The molecule has 2 heterocycles. The topological polar surface area (TPSA) is 67.9 Å². The number of alkyl carbamates (subject to hydrolysis) is 1. The van der Waals surface area contributed by atoms with Gasteiger partial charge >= 0.3 is 6.09 Å². The molecule has 3 atom stereocenters. The summed E-state index contributed by atoms with van der Waals surface area (Å²) in [6.07, 6.45) is 1.95. The van der Waals surface area contributed by atoms with Crippen molar-refractivity contribution >= 4 is 12.0 Å². The van der Waals surface area contributed by atoms with Crippen molar-refractivity contribution in [2.45, 2.75) is 57.9 Å². The summed E-state index contributed by atoms with van der Waals surface area (Å²) in [5, 5.41) is 2.78. The summed E-state index contributed by atoms with van der Waals surface area (Å²) < 4.78 is 11.0. The first-order chi connectivity index (χ1) is 12.5. The van der Waals surface area contributed by atoms with Crippen molar-refractivity contribution in [3.8, 4) is 0 Å². The van der Waals surface area contributed by atoms with Crippen molar-refractivity contribution in [2.75, 3.05) is 13.2 Å². The molecule has 0 aromatic heterocycles. The Balaban J connectivity index is 1.58. The highest BCUT2D eigenvalue weighted by Crippen LogP contribution is 2.30. The van der Waals surface area contributed by atoms with Gasteiger partial charge in [-0.3, -0.25) is 4.79 Å². The maximum atomic E-state index is 13.0. The molecule has 0 spiro atoms. The highest BCUT2D eigenvalue weighted by molar-refractivity contribution is 5.86. The van der Waals surface area contributed by atoms with Crippen LogP contribution in [0.5, 0.6) is 0 Å². The van der Waals surface area contributed by atoms with Crippen LogP contribution in [0.3, 0.4) is 0 Å². The van der Waals surface area contributed by atoms with Gasteiger partial charge in [0.1, 0.15) is 12.6 Å². The van der Waals surface area contributed by atoms with E-state index >= 15 is 0 Å². The summed E-state index contributed by atoms with van der Waals surface area (Å²) in [7, 11) is 0. The normalized spacial score (nSPS) is 23.0. The lowest BCUT2D eigenvalue weighted by Crippen LogP contribution is -2.51. The van der Waals surface area contributed by atoms with E-state index in [-0.39, 0.29) is 30.6 Å². The van der Waals surface area contributed by atoms with E-state index in [2.05, 4.69) is 5.32 Å². The first-order valence-electron chi connectivity index (χ1n) is 9.44. The number of ether oxygens (including phenoxy) is 2. The van der Waals surface area contributed by atoms with Crippen molar-refractivity contribution in [3.63, 3.8) is 0 Å². The van der Waals surface area contributed by atoms with Gasteiger partial charge in [-0.1, -0.05) is 44.2 Å². The molecule has 1 aromatic rings. The van der Waals surface area contributed by atoms with E-state index in [0.29, 0.717) is 19.6 Å². The number of carbonyl (C=O) groups is 2. The van der Waals surface area contributed by atoms with E-state index in [9.17, 15) is 9.59 Å². The molecule has 2 aliphatic rings. The van der Waals surface area contributed by atoms with Crippen molar-refractivity contribution in [1.82, 2.24) is 10.2 Å². The van der Waals surface area contributed by atoms with Crippen LogP contribution in [-0.2, 0) is 20.9 Å². The number of nitrogens with one attached hydrogen (secondary N) is 1. The molecule has 6 nitrogen and oxygen atoms in total. The molecular formula is C20H28N2O4. The lowest BCUT2D eigenvalue weighted by atomic mass is 10.0. The Labute approximate surface area is 154 Å². The second-order valence-electron chi connectivity index (χ2n) is 7.47. The predicted octanol–water partition coefficient (Wildman–Crippen LogP) is 2.72. The van der Waals surface area contributed by atoms with Gasteiger partial charge in [0.15, 0.2) is 0 Å². The number of rotatable bonds is 6. The number of carbonyl (C=O) groups excluding carboxylic acids is 2. The zero-order valence-electron chi connectivity index (χ0n) is 15.5. The fraction of sp³-hybridized carbons (Fsp3) is 0.600. The largest absolute Gasteiger partial charge is 0.445 e. The predicted molar refractivity (Wildman–Crippen MR) is 97.5 cm³/mol. The summed E-state index contributed by atoms with van der Waals surface area (Å²) in [5.74, 6) is 0.268. The van der Waals surface area contributed by atoms with E-state index in [4.69, 9.17) is 9.47 Å². The number of benzene rings is 1. The minimum absolute atomic E-state index is 0.0200. The van der Waals surface area contributed by atoms with Gasteiger partial charge in [-0.15, -0.1) is 0 Å². The van der Waals surface area contributed by atoms with E-state index in [1.54, 1.807) is 0 Å². The van der Waals surface area contributed by atoms with Gasteiger partial charge in [-0.2, -0.15) is 0 Å². The first-order valence-corrected chi connectivity index (χ1v) is 9.44. The van der Waals surface area contributed by atoms with E-state index in [1.165, 1.54) is 0 Å². The molecular weight excluding hydrogens is 332 g/mol. The molecule has 2 saturated heterocycles. The van der Waals surface area contributed by atoms with Crippen LogP contribution in [0.1, 0.15) is 38.7 Å². The number of amides is 2. The second-order valence-corrected chi connectivity index (χ2v) is 7.47. The zero-order valence-corrected chi connectivity index (χ0v) is 15.5. The average molecular weight is 360 g/mol. The van der Waals surface area contributed by atoms with Crippen LogP contribution in [0.15, 0.2) is 30.3 Å². The summed E-state index contributed by atoms with van der Waals surface area (Å²) >= 11 is 0. The number of fused-ring (bicyclic) bond motifs is 1. The molecule has 0 aliphatic carbocycles. The van der Waals surface area contributed by atoms with Crippen molar-refractivity contribution < 1.29 is 19.1 Å². The van der Waals surface area contributed by atoms with Crippen LogP contribution in [0, 0.1) is 5.92 Å². The maximum absolute atomic E-state index is 13.0. The third-order valence-electron chi connectivity index (χ3n) is 5.02. The molecule has 3 rings (SSSR count). The molecule has 1 aromatic carbocycles. The van der Waals surface area contributed by atoms with Gasteiger partial charge in [0.05, 0.1) is 12.1 Å². The van der Waals surface area contributed by atoms with Crippen molar-refractivity contribution in [1.29, 1.82) is 0 Å². The van der Waals surface area contributed by atoms with Crippen LogP contribution in [-0.4, -0.2) is 48.2 Å². The number of hydrogen-bond donors (Lipinski definition) is 1. The second kappa shape index (κ2) is 8.54. The van der Waals surface area contributed by atoms with Gasteiger partial charge in [0.2, 0.25) is 5.91 Å². The quantitative estimate of drug-likeness (QED) is 0.847. The van der Waals surface area contributed by atoms with Gasteiger partial charge in [0, 0.05) is 13.2 Å². The van der Waals surface area contributed by atoms with Crippen LogP contribution in [0.2, 0.25) is 0 Å². The average Bonchev–Trinajstić information content (AvgIpc) is 3.23. The lowest BCUT2D eigenvalue weighted by molar-refractivity contribution is -0.134. The SMILES string of the molecule is CC(C)CC(NC(=O)OCc1ccccc1)C(=O)N1CC[C@H]2OCC[C@H]21. The minimum Gasteiger partial charge on any atom is -0.445 e. The number of nitrogens with zero attached hydrogens (tertiary/aromatic N) is 1. The van der Waals surface area contributed by atoms with Crippen LogP contribution in [0.4, 0.5) is 4.79 Å². The standard InChI is InChI=1S/C20H28N2O4/c1-14(2)12-16(19(23)22-10-8-18-17(22)9-11-25-18)21-20(24)26-13-15-6-4-3-5-7-15/h3-7,14,16-18H,8-13H2,1-2H3,(H,21,24)/t16?,17-,18-/m1/s1. The van der Waals surface area contributed by atoms with Crippen LogP contribution < -0.4 is 5.32 Å². The molecule has 2 amide bonds. The Bertz CT molecular complexity index is 619. The van der Waals surface area contributed by atoms with Gasteiger partial charge in [-0.05, 0) is 30.7 Å². The Morgan fingerprint density at radius 2 is 2.04 bits per heavy atom. The molecule has 0 bridgehead atoms. The first kappa shape index (κ1) is 18.7. The maximum Gasteiger partial charge on any atom is 0.408 e. The van der Waals surface area contributed by atoms with Gasteiger partial charge in [0.25, 0.3) is 0 Å². The molecule has 0 saturated carbocycles. The van der Waals surface area contributed by atoms with E-state index < -0.39 is 12.1 Å². The Kier molecular flexibility index (Phi) is 6.14. The Morgan fingerprint density at radius 1 is 1.27 bits per heavy atom. The lowest BCUT2D eigenvalue weighted by Gasteiger charge is -2.28. The van der Waals surface area contributed by atoms with Gasteiger partial charge < -0.3 is 19.7 Å². The number of hydrogen-bond acceptors (Lipinski definition) is 4. The highest BCUT2D eigenvalue weighted by Gasteiger charge is 2.43. The Hall–Kier alpha value is -2.08. The fourth-order valence-corrected chi connectivity index (χ4v) is 3.78. The highest BCUT2D eigenvalue weighted by atomic mass is 16.5. The monoisotopic (exact) mass is 360 g/mol. The number of likely N-dealkylation sites (tertiary alicyclic amines) is 1. The molecule has 2 fully saturated rings. The summed E-state index contributed by atoms with van der Waals surface area (Å²) in [5.41, 5.74) is 0.917. The summed E-state index contributed by atoms with van der Waals surface area (Å²) in [6.45, 7) is 5.69. The molecule has 6 heteroatoms. The minimum atomic E-state index is -0.558.